The van der Waals surface area contributed by atoms with Crippen LogP contribution in [0.15, 0.2) is 54.7 Å². The smallest absolute Gasteiger partial charge is 0.256 e. The topological polar surface area (TPSA) is 76.5 Å². The second-order valence-corrected chi connectivity index (χ2v) is 7.86. The van der Waals surface area contributed by atoms with Crippen molar-refractivity contribution in [3.05, 3.63) is 77.6 Å². The molecule has 1 saturated heterocycles. The fraction of sp³-hybridized carbons (Fsp3) is 0.292. The van der Waals surface area contributed by atoms with E-state index in [0.29, 0.717) is 38.5 Å². The monoisotopic (exact) mass is 454 g/mol. The number of nitrogens with one attached hydrogen (secondary N) is 1. The number of benzene rings is 2. The van der Waals surface area contributed by atoms with Gasteiger partial charge in [0.1, 0.15) is 17.4 Å². The molecule has 172 valence electrons. The molecule has 1 aliphatic heterocycles. The van der Waals surface area contributed by atoms with Gasteiger partial charge in [-0.3, -0.25) is 9.59 Å². The van der Waals surface area contributed by atoms with Crippen LogP contribution in [-0.2, 0) is 11.3 Å². The van der Waals surface area contributed by atoms with Crippen LogP contribution in [0, 0.1) is 17.6 Å². The van der Waals surface area contributed by atoms with Gasteiger partial charge in [-0.2, -0.15) is 5.10 Å². The average molecular weight is 454 g/mol. The van der Waals surface area contributed by atoms with Crippen molar-refractivity contribution >= 4 is 11.8 Å². The Morgan fingerprint density at radius 1 is 1.09 bits per heavy atom. The van der Waals surface area contributed by atoms with E-state index in [1.54, 1.807) is 11.8 Å². The number of halogens is 2. The first-order valence-corrected chi connectivity index (χ1v) is 10.7. The van der Waals surface area contributed by atoms with Crippen LogP contribution in [0.1, 0.15) is 28.9 Å². The van der Waals surface area contributed by atoms with E-state index in [1.807, 2.05) is 36.5 Å². The van der Waals surface area contributed by atoms with Crippen molar-refractivity contribution in [1.29, 1.82) is 0 Å². The van der Waals surface area contributed by atoms with Gasteiger partial charge in [0.05, 0.1) is 30.6 Å². The van der Waals surface area contributed by atoms with Gasteiger partial charge in [-0.05, 0) is 55.3 Å². The molecule has 33 heavy (non-hydrogen) atoms. The fourth-order valence-electron chi connectivity index (χ4n) is 3.83. The van der Waals surface area contributed by atoms with Gasteiger partial charge in [-0.1, -0.05) is 0 Å². The van der Waals surface area contributed by atoms with Gasteiger partial charge in [0.2, 0.25) is 5.91 Å². The van der Waals surface area contributed by atoms with Crippen molar-refractivity contribution in [2.75, 3.05) is 20.2 Å². The van der Waals surface area contributed by atoms with Crippen LogP contribution in [0.5, 0.6) is 5.75 Å². The minimum absolute atomic E-state index is 0.103. The number of carbonyl (C=O) groups is 2. The Balaban J connectivity index is 1.27. The van der Waals surface area contributed by atoms with E-state index in [4.69, 9.17) is 4.74 Å². The van der Waals surface area contributed by atoms with Crippen molar-refractivity contribution in [2.45, 2.75) is 19.4 Å². The van der Waals surface area contributed by atoms with Crippen LogP contribution in [0.2, 0.25) is 0 Å². The van der Waals surface area contributed by atoms with E-state index in [0.717, 1.165) is 29.3 Å². The molecular weight excluding hydrogens is 430 g/mol. The normalized spacial score (nSPS) is 14.2. The highest BCUT2D eigenvalue weighted by Gasteiger charge is 2.29. The van der Waals surface area contributed by atoms with E-state index in [-0.39, 0.29) is 17.4 Å². The highest BCUT2D eigenvalue weighted by atomic mass is 19.1. The van der Waals surface area contributed by atoms with Gasteiger partial charge in [-0.25, -0.2) is 13.5 Å². The molecule has 0 aliphatic carbocycles. The van der Waals surface area contributed by atoms with Gasteiger partial charge in [0.15, 0.2) is 0 Å². The number of hydrogen-bond acceptors (Lipinski definition) is 4. The van der Waals surface area contributed by atoms with Crippen LogP contribution in [-0.4, -0.2) is 46.7 Å². The summed E-state index contributed by atoms with van der Waals surface area (Å²) in [6.45, 7) is 0.960. The molecule has 0 atom stereocenters. The molecule has 0 saturated carbocycles. The molecule has 4 rings (SSSR count). The molecule has 0 unspecified atom stereocenters. The van der Waals surface area contributed by atoms with Crippen LogP contribution in [0.25, 0.3) is 5.69 Å². The molecule has 0 bridgehead atoms. The number of carbonyl (C=O) groups excluding carboxylic acids is 2. The van der Waals surface area contributed by atoms with Gasteiger partial charge in [0.25, 0.3) is 5.91 Å². The van der Waals surface area contributed by atoms with E-state index in [1.165, 1.54) is 4.90 Å². The molecule has 1 aliphatic rings. The summed E-state index contributed by atoms with van der Waals surface area (Å²) < 4.78 is 33.9. The summed E-state index contributed by atoms with van der Waals surface area (Å²) in [7, 11) is 1.61. The molecule has 1 aromatic heterocycles. The Kier molecular flexibility index (Phi) is 6.67. The van der Waals surface area contributed by atoms with E-state index >= 15 is 0 Å². The zero-order chi connectivity index (χ0) is 23.4. The Morgan fingerprint density at radius 3 is 2.48 bits per heavy atom. The highest BCUT2D eigenvalue weighted by molar-refractivity contribution is 5.94. The largest absolute Gasteiger partial charge is 0.497 e. The molecule has 2 heterocycles. The van der Waals surface area contributed by atoms with Crippen molar-refractivity contribution in [2.24, 2.45) is 5.92 Å². The quantitative estimate of drug-likeness (QED) is 0.620. The minimum Gasteiger partial charge on any atom is -0.497 e. The van der Waals surface area contributed by atoms with Crippen LogP contribution in [0.3, 0.4) is 0 Å². The third kappa shape index (κ3) is 5.19. The number of ether oxygens (including phenoxy) is 1. The number of likely N-dealkylation sites (tertiary alicyclic amines) is 1. The lowest BCUT2D eigenvalue weighted by molar-refractivity contribution is -0.126. The standard InChI is InChI=1S/C24H24F2N4O3/c1-33-20-5-3-19(4-6-20)30-13-10-18(28-30)15-27-23(31)16-8-11-29(12-9-16)24(32)21-7-2-17(25)14-22(21)26/h2-7,10,13-14,16H,8-9,11-12,15H2,1H3,(H,27,31). The van der Waals surface area contributed by atoms with Gasteiger partial charge < -0.3 is 15.0 Å². The Morgan fingerprint density at radius 2 is 1.82 bits per heavy atom. The number of rotatable bonds is 6. The number of hydrogen-bond donors (Lipinski definition) is 1. The van der Waals surface area contributed by atoms with Crippen LogP contribution >= 0.6 is 0 Å². The van der Waals surface area contributed by atoms with Crippen molar-refractivity contribution in [3.63, 3.8) is 0 Å². The third-order valence-corrected chi connectivity index (χ3v) is 5.74. The summed E-state index contributed by atoms with van der Waals surface area (Å²) in [4.78, 5) is 26.6. The molecule has 1 N–H and O–H groups in total. The zero-order valence-corrected chi connectivity index (χ0v) is 18.1. The van der Waals surface area contributed by atoms with E-state index in [2.05, 4.69) is 10.4 Å². The fourth-order valence-corrected chi connectivity index (χ4v) is 3.83. The maximum atomic E-state index is 13.9. The molecule has 9 heteroatoms. The summed E-state index contributed by atoms with van der Waals surface area (Å²) >= 11 is 0. The summed E-state index contributed by atoms with van der Waals surface area (Å²) in [6.07, 6.45) is 2.77. The second kappa shape index (κ2) is 9.81. The molecule has 2 amide bonds. The summed E-state index contributed by atoms with van der Waals surface area (Å²) in [5.74, 6) is -1.68. The first-order chi connectivity index (χ1) is 15.9. The predicted octanol–water partition coefficient (Wildman–Crippen LogP) is 3.33. The molecule has 7 nitrogen and oxygen atoms in total. The lowest BCUT2D eigenvalue weighted by Crippen LogP contribution is -2.43. The Bertz CT molecular complexity index is 1140. The first kappa shape index (κ1) is 22.4. The highest BCUT2D eigenvalue weighted by Crippen LogP contribution is 2.21. The average Bonchev–Trinajstić information content (AvgIpc) is 3.31. The molecule has 0 spiro atoms. The summed E-state index contributed by atoms with van der Waals surface area (Å²) in [6, 6.07) is 12.2. The second-order valence-electron chi connectivity index (χ2n) is 7.86. The SMILES string of the molecule is COc1ccc(-n2ccc(CNC(=O)C3CCN(C(=O)c4ccc(F)cc4F)CC3)n2)cc1. The minimum atomic E-state index is -0.881. The Labute approximate surface area is 190 Å². The lowest BCUT2D eigenvalue weighted by atomic mass is 9.95. The summed E-state index contributed by atoms with van der Waals surface area (Å²) in [5, 5.41) is 7.39. The lowest BCUT2D eigenvalue weighted by Gasteiger charge is -2.31. The zero-order valence-electron chi connectivity index (χ0n) is 18.1. The molecule has 1 fully saturated rings. The number of aromatic nitrogens is 2. The van der Waals surface area contributed by atoms with E-state index in [9.17, 15) is 18.4 Å². The van der Waals surface area contributed by atoms with E-state index < -0.39 is 17.5 Å². The predicted molar refractivity (Wildman–Crippen MR) is 117 cm³/mol. The van der Waals surface area contributed by atoms with Crippen molar-refractivity contribution in [3.8, 4) is 11.4 Å². The maximum Gasteiger partial charge on any atom is 0.256 e. The Hall–Kier alpha value is -3.75. The van der Waals surface area contributed by atoms with Crippen molar-refractivity contribution in [1.82, 2.24) is 20.0 Å². The summed E-state index contributed by atoms with van der Waals surface area (Å²) in [5.41, 5.74) is 1.44. The molecular formula is C24H24F2N4O3. The number of methoxy groups -OCH3 is 1. The van der Waals surface area contributed by atoms with Crippen LogP contribution in [0.4, 0.5) is 8.78 Å². The van der Waals surface area contributed by atoms with Gasteiger partial charge >= 0.3 is 0 Å². The maximum absolute atomic E-state index is 13.9. The number of piperidine rings is 1. The van der Waals surface area contributed by atoms with Gasteiger partial charge in [-0.15, -0.1) is 0 Å². The van der Waals surface area contributed by atoms with Gasteiger partial charge in [0, 0.05) is 31.3 Å². The first-order valence-electron chi connectivity index (χ1n) is 10.7. The molecule has 3 aromatic rings. The van der Waals surface area contributed by atoms with Crippen molar-refractivity contribution < 1.29 is 23.1 Å². The number of nitrogens with zero attached hydrogens (tertiary/aromatic N) is 3. The number of amides is 2. The third-order valence-electron chi connectivity index (χ3n) is 5.74. The molecule has 0 radical (unpaired) electrons. The van der Waals surface area contributed by atoms with Crippen LogP contribution < -0.4 is 10.1 Å². The molecule has 2 aromatic carbocycles.